The van der Waals surface area contributed by atoms with Gasteiger partial charge in [0.2, 0.25) is 0 Å². The van der Waals surface area contributed by atoms with Crippen LogP contribution in [0.1, 0.15) is 29.3 Å². The Kier molecular flexibility index (Phi) is 3.49. The average molecular weight is 291 g/mol. The van der Waals surface area contributed by atoms with E-state index in [-0.39, 0.29) is 13.1 Å². The first-order valence-corrected chi connectivity index (χ1v) is 6.05. The average Bonchev–Trinajstić information content (AvgIpc) is 2.33. The molecule has 1 aromatic rings. The second kappa shape index (κ2) is 4.73. The first-order valence-electron chi connectivity index (χ1n) is 6.05. The molecule has 1 aliphatic heterocycles. The van der Waals surface area contributed by atoms with Gasteiger partial charge in [-0.15, -0.1) is 0 Å². The first kappa shape index (κ1) is 14.8. The maximum absolute atomic E-state index is 13.8. The van der Waals surface area contributed by atoms with Gasteiger partial charge in [-0.3, -0.25) is 4.79 Å². The van der Waals surface area contributed by atoms with Gasteiger partial charge in [0, 0.05) is 0 Å². The Morgan fingerprint density at radius 3 is 2.50 bits per heavy atom. The number of hydrogen-bond donors (Lipinski definition) is 1. The quantitative estimate of drug-likeness (QED) is 0.850. The Bertz CT molecular complexity index is 536. The standard InChI is InChI=1S/C13H13F4NO2/c1-2-12(20)6-18(7-12)11(19)8-4-3-5-9(10(8)14)13(15,16)17/h3-5,20H,2,6-7H2,1H3. The minimum absolute atomic E-state index is 0.00197. The van der Waals surface area contributed by atoms with E-state index < -0.39 is 34.6 Å². The number of nitrogens with zero attached hydrogens (tertiary/aromatic N) is 1. The summed E-state index contributed by atoms with van der Waals surface area (Å²) in [4.78, 5) is 13.1. The van der Waals surface area contributed by atoms with Crippen LogP contribution in [0.2, 0.25) is 0 Å². The summed E-state index contributed by atoms with van der Waals surface area (Å²) in [6.45, 7) is 1.72. The van der Waals surface area contributed by atoms with Crippen LogP contribution in [0.4, 0.5) is 17.6 Å². The summed E-state index contributed by atoms with van der Waals surface area (Å²) in [6, 6.07) is 2.59. The summed E-state index contributed by atoms with van der Waals surface area (Å²) >= 11 is 0. The monoisotopic (exact) mass is 291 g/mol. The van der Waals surface area contributed by atoms with Gasteiger partial charge in [0.05, 0.1) is 29.8 Å². The zero-order valence-electron chi connectivity index (χ0n) is 10.7. The van der Waals surface area contributed by atoms with E-state index in [2.05, 4.69) is 0 Å². The molecule has 0 radical (unpaired) electrons. The summed E-state index contributed by atoms with van der Waals surface area (Å²) < 4.78 is 51.5. The van der Waals surface area contributed by atoms with Gasteiger partial charge in [-0.05, 0) is 18.6 Å². The lowest BCUT2D eigenvalue weighted by Crippen LogP contribution is -2.63. The van der Waals surface area contributed by atoms with Gasteiger partial charge in [-0.25, -0.2) is 4.39 Å². The Morgan fingerprint density at radius 2 is 2.00 bits per heavy atom. The van der Waals surface area contributed by atoms with E-state index >= 15 is 0 Å². The molecule has 0 spiro atoms. The molecule has 110 valence electrons. The Hall–Kier alpha value is -1.63. The van der Waals surface area contributed by atoms with Crippen LogP contribution in [0, 0.1) is 5.82 Å². The molecule has 0 unspecified atom stereocenters. The number of halogens is 4. The number of alkyl halides is 3. The zero-order chi connectivity index (χ0) is 15.1. The molecule has 0 aliphatic carbocycles. The first-order chi connectivity index (χ1) is 9.18. The van der Waals surface area contributed by atoms with Gasteiger partial charge < -0.3 is 10.0 Å². The topological polar surface area (TPSA) is 40.5 Å². The molecule has 20 heavy (non-hydrogen) atoms. The molecule has 1 heterocycles. The van der Waals surface area contributed by atoms with Crippen LogP contribution in [-0.4, -0.2) is 34.6 Å². The number of aliphatic hydroxyl groups is 1. The van der Waals surface area contributed by atoms with E-state index in [1.165, 1.54) is 0 Å². The normalized spacial score (nSPS) is 17.8. The molecule has 7 heteroatoms. The molecule has 1 amide bonds. The highest BCUT2D eigenvalue weighted by molar-refractivity contribution is 5.95. The van der Waals surface area contributed by atoms with Gasteiger partial charge in [0.15, 0.2) is 0 Å². The number of rotatable bonds is 2. The number of carbonyl (C=O) groups is 1. The predicted molar refractivity (Wildman–Crippen MR) is 62.5 cm³/mol. The van der Waals surface area contributed by atoms with Crippen LogP contribution < -0.4 is 0 Å². The van der Waals surface area contributed by atoms with Gasteiger partial charge >= 0.3 is 6.18 Å². The van der Waals surface area contributed by atoms with Gasteiger partial charge in [-0.2, -0.15) is 13.2 Å². The van der Waals surface area contributed by atoms with E-state index in [9.17, 15) is 27.5 Å². The highest BCUT2D eigenvalue weighted by Gasteiger charge is 2.43. The van der Waals surface area contributed by atoms with Crippen molar-refractivity contribution in [2.24, 2.45) is 0 Å². The molecule has 0 saturated carbocycles. The largest absolute Gasteiger partial charge is 0.419 e. The third-order valence-electron chi connectivity index (χ3n) is 3.45. The van der Waals surface area contributed by atoms with Crippen molar-refractivity contribution >= 4 is 5.91 Å². The fourth-order valence-electron chi connectivity index (χ4n) is 2.12. The van der Waals surface area contributed by atoms with E-state index in [1.54, 1.807) is 6.92 Å². The zero-order valence-corrected chi connectivity index (χ0v) is 10.7. The highest BCUT2D eigenvalue weighted by atomic mass is 19.4. The highest BCUT2D eigenvalue weighted by Crippen LogP contribution is 2.33. The summed E-state index contributed by atoms with van der Waals surface area (Å²) in [5.74, 6) is -2.41. The van der Waals surface area contributed by atoms with Crippen molar-refractivity contribution in [1.82, 2.24) is 4.90 Å². The minimum Gasteiger partial charge on any atom is -0.386 e. The second-order valence-corrected chi connectivity index (χ2v) is 4.90. The SMILES string of the molecule is CCC1(O)CN(C(=O)c2cccc(C(F)(F)F)c2F)C1. The van der Waals surface area contributed by atoms with E-state index in [0.717, 1.165) is 17.0 Å². The third-order valence-corrected chi connectivity index (χ3v) is 3.45. The number of amides is 1. The molecule has 3 nitrogen and oxygen atoms in total. The lowest BCUT2D eigenvalue weighted by molar-refractivity contribution is -0.140. The molecule has 1 N–H and O–H groups in total. The maximum Gasteiger partial charge on any atom is 0.419 e. The predicted octanol–water partition coefficient (Wildman–Crippen LogP) is 2.44. The molecule has 1 fully saturated rings. The van der Waals surface area contributed by atoms with Crippen molar-refractivity contribution in [3.05, 3.63) is 35.1 Å². The second-order valence-electron chi connectivity index (χ2n) is 4.90. The van der Waals surface area contributed by atoms with Crippen molar-refractivity contribution in [1.29, 1.82) is 0 Å². The summed E-state index contributed by atoms with van der Waals surface area (Å²) in [7, 11) is 0. The lowest BCUT2D eigenvalue weighted by Gasteiger charge is -2.46. The smallest absolute Gasteiger partial charge is 0.386 e. The van der Waals surface area contributed by atoms with Crippen molar-refractivity contribution in [3.63, 3.8) is 0 Å². The van der Waals surface area contributed by atoms with Crippen molar-refractivity contribution in [2.75, 3.05) is 13.1 Å². The van der Waals surface area contributed by atoms with Crippen LogP contribution >= 0.6 is 0 Å². The summed E-state index contributed by atoms with van der Waals surface area (Å²) in [5.41, 5.74) is -3.11. The number of β-amino-alcohol motifs (C(OH)–C–C–N with tert-alkyl or cyclic N) is 1. The molecule has 0 aromatic heterocycles. The van der Waals surface area contributed by atoms with E-state index in [1.807, 2.05) is 0 Å². The maximum atomic E-state index is 13.8. The molecule has 1 aromatic carbocycles. The van der Waals surface area contributed by atoms with E-state index in [4.69, 9.17) is 0 Å². The molecule has 0 bridgehead atoms. The third kappa shape index (κ3) is 2.49. The van der Waals surface area contributed by atoms with Gasteiger partial charge in [0.25, 0.3) is 5.91 Å². The van der Waals surface area contributed by atoms with Gasteiger partial charge in [0.1, 0.15) is 5.82 Å². The van der Waals surface area contributed by atoms with Crippen molar-refractivity contribution in [2.45, 2.75) is 25.1 Å². The van der Waals surface area contributed by atoms with Gasteiger partial charge in [-0.1, -0.05) is 13.0 Å². The Labute approximate surface area is 112 Å². The van der Waals surface area contributed by atoms with Crippen LogP contribution in [0.15, 0.2) is 18.2 Å². The van der Waals surface area contributed by atoms with Crippen molar-refractivity contribution < 1.29 is 27.5 Å². The fourth-order valence-corrected chi connectivity index (χ4v) is 2.12. The van der Waals surface area contributed by atoms with E-state index in [0.29, 0.717) is 12.5 Å². The van der Waals surface area contributed by atoms with Crippen molar-refractivity contribution in [3.8, 4) is 0 Å². The van der Waals surface area contributed by atoms with Crippen LogP contribution in [0.5, 0.6) is 0 Å². The molecular formula is C13H13F4NO2. The number of benzene rings is 1. The van der Waals surface area contributed by atoms with Crippen LogP contribution in [-0.2, 0) is 6.18 Å². The van der Waals surface area contributed by atoms with Crippen LogP contribution in [0.3, 0.4) is 0 Å². The summed E-state index contributed by atoms with van der Waals surface area (Å²) in [5, 5.41) is 9.77. The Balaban J connectivity index is 2.25. The molecule has 1 saturated heterocycles. The molecular weight excluding hydrogens is 278 g/mol. The molecule has 1 aliphatic rings. The number of carbonyl (C=O) groups excluding carboxylic acids is 1. The van der Waals surface area contributed by atoms with Crippen LogP contribution in [0.25, 0.3) is 0 Å². The fraction of sp³-hybridized carbons (Fsp3) is 0.462. The lowest BCUT2D eigenvalue weighted by atomic mass is 9.90. The number of likely N-dealkylation sites (tertiary alicyclic amines) is 1. The molecule has 0 atom stereocenters. The molecule has 2 rings (SSSR count). The number of hydrogen-bond acceptors (Lipinski definition) is 2. The summed E-state index contributed by atoms with van der Waals surface area (Å²) in [6.07, 6.45) is -4.43. The Morgan fingerprint density at radius 1 is 1.40 bits per heavy atom. The minimum atomic E-state index is -4.85.